The van der Waals surface area contributed by atoms with Crippen LogP contribution in [0.2, 0.25) is 0 Å². The van der Waals surface area contributed by atoms with Gasteiger partial charge in [0.25, 0.3) is 0 Å². The van der Waals surface area contributed by atoms with Crippen molar-refractivity contribution in [1.82, 2.24) is 0 Å². The highest BCUT2D eigenvalue weighted by Gasteiger charge is 1.93. The van der Waals surface area contributed by atoms with Crippen molar-refractivity contribution in [2.75, 3.05) is 6.61 Å². The first-order valence-corrected chi connectivity index (χ1v) is 3.33. The summed E-state index contributed by atoms with van der Waals surface area (Å²) >= 11 is 4.57. The summed E-state index contributed by atoms with van der Waals surface area (Å²) in [5, 5.41) is 1.60. The van der Waals surface area contributed by atoms with Crippen LogP contribution in [0.25, 0.3) is 0 Å². The molecule has 0 aliphatic rings. The molecule has 0 bridgehead atoms. The summed E-state index contributed by atoms with van der Waals surface area (Å²) in [5.74, 6) is 0. The third-order valence-corrected chi connectivity index (χ3v) is 1.16. The second-order valence-corrected chi connectivity index (χ2v) is 2.05. The van der Waals surface area contributed by atoms with Crippen LogP contribution < -0.4 is 0 Å². The van der Waals surface area contributed by atoms with Crippen LogP contribution in [0.15, 0.2) is 0 Å². The minimum atomic E-state index is 0.356. The SMILES string of the molecule is CCC(C)OCC=S. The van der Waals surface area contributed by atoms with Crippen molar-refractivity contribution in [3.8, 4) is 0 Å². The minimum Gasteiger partial charge on any atom is -0.374 e. The fraction of sp³-hybridized carbons (Fsp3) is 0.833. The molecule has 0 aromatic carbocycles. The van der Waals surface area contributed by atoms with E-state index in [1.807, 2.05) is 6.92 Å². The molecule has 0 saturated heterocycles. The van der Waals surface area contributed by atoms with E-state index in [1.54, 1.807) is 5.37 Å². The molecule has 1 unspecified atom stereocenters. The van der Waals surface area contributed by atoms with E-state index in [4.69, 9.17) is 4.74 Å². The molecule has 0 aromatic rings. The maximum Gasteiger partial charge on any atom is 0.0753 e. The molecule has 2 heteroatoms. The number of thiocarbonyl (C=S) groups is 1. The third kappa shape index (κ3) is 4.22. The Bertz CT molecular complexity index is 63.5. The van der Waals surface area contributed by atoms with Gasteiger partial charge in [0.1, 0.15) is 0 Å². The molecule has 0 fully saturated rings. The Kier molecular flexibility index (Phi) is 5.22. The van der Waals surface area contributed by atoms with Crippen molar-refractivity contribution in [1.29, 1.82) is 0 Å². The van der Waals surface area contributed by atoms with Gasteiger partial charge in [-0.25, -0.2) is 0 Å². The molecule has 0 radical (unpaired) electrons. The van der Waals surface area contributed by atoms with E-state index in [0.717, 1.165) is 6.42 Å². The van der Waals surface area contributed by atoms with Gasteiger partial charge in [0.05, 0.1) is 12.7 Å². The van der Waals surface area contributed by atoms with Crippen molar-refractivity contribution in [3.63, 3.8) is 0 Å². The lowest BCUT2D eigenvalue weighted by Gasteiger charge is -2.05. The van der Waals surface area contributed by atoms with Crippen molar-refractivity contribution in [2.24, 2.45) is 0 Å². The highest BCUT2D eigenvalue weighted by Crippen LogP contribution is 1.92. The smallest absolute Gasteiger partial charge is 0.0753 e. The summed E-state index contributed by atoms with van der Waals surface area (Å²) in [5.41, 5.74) is 0. The normalized spacial score (nSPS) is 13.2. The van der Waals surface area contributed by atoms with Gasteiger partial charge in [-0.3, -0.25) is 0 Å². The second-order valence-electron chi connectivity index (χ2n) is 1.72. The zero-order valence-corrected chi connectivity index (χ0v) is 6.20. The standard InChI is InChI=1S/C6H12OS/c1-3-6(2)7-4-5-8/h5-6H,3-4H2,1-2H3. The molecular weight excluding hydrogens is 120 g/mol. The molecule has 0 aliphatic heterocycles. The Morgan fingerprint density at radius 1 is 1.75 bits per heavy atom. The molecule has 0 aliphatic carbocycles. The van der Waals surface area contributed by atoms with Crippen LogP contribution in [0, 0.1) is 0 Å². The maximum atomic E-state index is 5.18. The van der Waals surface area contributed by atoms with Gasteiger partial charge in [-0.2, -0.15) is 0 Å². The van der Waals surface area contributed by atoms with Crippen LogP contribution >= 0.6 is 12.2 Å². The monoisotopic (exact) mass is 132 g/mol. The van der Waals surface area contributed by atoms with E-state index in [0.29, 0.717) is 12.7 Å². The predicted octanol–water partition coefficient (Wildman–Crippen LogP) is 1.80. The number of hydrogen-bond acceptors (Lipinski definition) is 2. The summed E-state index contributed by atoms with van der Waals surface area (Å²) in [4.78, 5) is 0. The maximum absolute atomic E-state index is 5.18. The molecule has 48 valence electrons. The molecule has 8 heavy (non-hydrogen) atoms. The van der Waals surface area contributed by atoms with Gasteiger partial charge in [0.2, 0.25) is 0 Å². The average molecular weight is 132 g/mol. The fourth-order valence-corrected chi connectivity index (χ4v) is 0.400. The van der Waals surface area contributed by atoms with Gasteiger partial charge < -0.3 is 4.74 Å². The Balaban J connectivity index is 2.97. The van der Waals surface area contributed by atoms with Gasteiger partial charge in [-0.05, 0) is 13.3 Å². The number of ether oxygens (including phenoxy) is 1. The lowest BCUT2D eigenvalue weighted by molar-refractivity contribution is 0.0960. The highest BCUT2D eigenvalue weighted by molar-refractivity contribution is 7.79. The molecule has 1 atom stereocenters. The fourth-order valence-electron chi connectivity index (χ4n) is 0.321. The molecule has 0 N–H and O–H groups in total. The Hall–Kier alpha value is 0.0500. The van der Waals surface area contributed by atoms with Crippen molar-refractivity contribution >= 4 is 17.6 Å². The lowest BCUT2D eigenvalue weighted by atomic mass is 10.3. The first kappa shape index (κ1) is 8.05. The van der Waals surface area contributed by atoms with Crippen molar-refractivity contribution in [2.45, 2.75) is 26.4 Å². The van der Waals surface area contributed by atoms with Gasteiger partial charge >= 0.3 is 0 Å². The minimum absolute atomic E-state index is 0.356. The Labute approximate surface area is 56.0 Å². The highest BCUT2D eigenvalue weighted by atomic mass is 32.1. The topological polar surface area (TPSA) is 9.23 Å². The molecule has 0 heterocycles. The first-order valence-electron chi connectivity index (χ1n) is 2.86. The van der Waals surface area contributed by atoms with Gasteiger partial charge in [0, 0.05) is 5.37 Å². The Morgan fingerprint density at radius 2 is 2.38 bits per heavy atom. The molecule has 1 nitrogen and oxygen atoms in total. The summed E-state index contributed by atoms with van der Waals surface area (Å²) < 4.78 is 5.18. The summed E-state index contributed by atoms with van der Waals surface area (Å²) in [6.45, 7) is 4.73. The number of rotatable bonds is 4. The molecule has 0 aromatic heterocycles. The van der Waals surface area contributed by atoms with E-state index in [1.165, 1.54) is 0 Å². The second kappa shape index (κ2) is 5.19. The molecule has 0 amide bonds. The molecule has 0 spiro atoms. The lowest BCUT2D eigenvalue weighted by Crippen LogP contribution is -2.07. The van der Waals surface area contributed by atoms with E-state index in [-0.39, 0.29) is 0 Å². The summed E-state index contributed by atoms with van der Waals surface area (Å²) in [6, 6.07) is 0. The zero-order valence-electron chi connectivity index (χ0n) is 5.39. The summed E-state index contributed by atoms with van der Waals surface area (Å²) in [6.07, 6.45) is 1.41. The van der Waals surface area contributed by atoms with Crippen LogP contribution in [-0.4, -0.2) is 18.1 Å². The van der Waals surface area contributed by atoms with Crippen LogP contribution in [0.1, 0.15) is 20.3 Å². The largest absolute Gasteiger partial charge is 0.374 e. The molecule has 0 saturated carbocycles. The Morgan fingerprint density at radius 3 is 2.75 bits per heavy atom. The number of hydrogen-bond donors (Lipinski definition) is 0. The molecule has 0 rings (SSSR count). The van der Waals surface area contributed by atoms with E-state index >= 15 is 0 Å². The van der Waals surface area contributed by atoms with E-state index in [9.17, 15) is 0 Å². The van der Waals surface area contributed by atoms with Gasteiger partial charge in [0.15, 0.2) is 0 Å². The quantitative estimate of drug-likeness (QED) is 0.539. The van der Waals surface area contributed by atoms with E-state index < -0.39 is 0 Å². The van der Waals surface area contributed by atoms with Crippen molar-refractivity contribution in [3.05, 3.63) is 0 Å². The van der Waals surface area contributed by atoms with Crippen LogP contribution in [0.5, 0.6) is 0 Å². The third-order valence-electron chi connectivity index (χ3n) is 1.02. The van der Waals surface area contributed by atoms with Gasteiger partial charge in [-0.1, -0.05) is 19.1 Å². The van der Waals surface area contributed by atoms with Crippen LogP contribution in [-0.2, 0) is 4.74 Å². The van der Waals surface area contributed by atoms with E-state index in [2.05, 4.69) is 19.1 Å². The predicted molar refractivity (Wildman–Crippen MR) is 39.4 cm³/mol. The molecular formula is C6H12OS. The van der Waals surface area contributed by atoms with Gasteiger partial charge in [-0.15, -0.1) is 0 Å². The van der Waals surface area contributed by atoms with Crippen molar-refractivity contribution < 1.29 is 4.74 Å². The van der Waals surface area contributed by atoms with Crippen LogP contribution in [0.4, 0.5) is 0 Å². The average Bonchev–Trinajstić information content (AvgIpc) is 1.83. The zero-order chi connectivity index (χ0) is 6.41. The van der Waals surface area contributed by atoms with Crippen LogP contribution in [0.3, 0.4) is 0 Å². The summed E-state index contributed by atoms with van der Waals surface area (Å²) in [7, 11) is 0. The first-order chi connectivity index (χ1) is 3.81.